The van der Waals surface area contributed by atoms with Crippen molar-refractivity contribution in [1.29, 1.82) is 0 Å². The van der Waals surface area contributed by atoms with Gasteiger partial charge >= 0.3 is 0 Å². The molecule has 0 saturated carbocycles. The summed E-state index contributed by atoms with van der Waals surface area (Å²) >= 11 is 0. The Bertz CT molecular complexity index is 75.3. The Balaban J connectivity index is 2.15. The highest BCUT2D eigenvalue weighted by atomic mass is 16.5. The van der Waals surface area contributed by atoms with Crippen LogP contribution in [0.5, 0.6) is 0 Å². The van der Waals surface area contributed by atoms with Crippen LogP contribution in [0.15, 0.2) is 0 Å². The molecule has 0 aromatic heterocycles. The van der Waals surface area contributed by atoms with Crippen molar-refractivity contribution < 1.29 is 4.74 Å². The fourth-order valence-corrected chi connectivity index (χ4v) is 1.27. The molecule has 0 amide bonds. The first-order chi connectivity index (χ1) is 4.89. The maximum absolute atomic E-state index is 5.79. The summed E-state index contributed by atoms with van der Waals surface area (Å²) in [5, 5.41) is 0. The maximum Gasteiger partial charge on any atom is 0.0480 e. The molecule has 1 fully saturated rings. The minimum absolute atomic E-state index is 0.387. The van der Waals surface area contributed by atoms with Crippen LogP contribution in [-0.4, -0.2) is 19.3 Å². The molecule has 0 aromatic carbocycles. The van der Waals surface area contributed by atoms with Crippen molar-refractivity contribution in [2.75, 3.05) is 13.2 Å². The van der Waals surface area contributed by atoms with Gasteiger partial charge in [0.25, 0.3) is 0 Å². The van der Waals surface area contributed by atoms with E-state index in [9.17, 15) is 0 Å². The molecule has 1 aliphatic rings. The molecule has 1 saturated heterocycles. The monoisotopic (exact) mass is 143 g/mol. The van der Waals surface area contributed by atoms with Gasteiger partial charge in [-0.05, 0) is 19.3 Å². The molecular formula is C8H17NO. The number of nitrogens with two attached hydrogens (primary N) is 1. The Morgan fingerprint density at radius 1 is 1.00 bits per heavy atom. The smallest absolute Gasteiger partial charge is 0.0480 e. The molecule has 0 spiro atoms. The van der Waals surface area contributed by atoms with Crippen molar-refractivity contribution in [3.8, 4) is 0 Å². The average molecular weight is 143 g/mol. The van der Waals surface area contributed by atoms with Gasteiger partial charge in [-0.1, -0.05) is 12.8 Å². The first-order valence-electron chi connectivity index (χ1n) is 4.23. The fourth-order valence-electron chi connectivity index (χ4n) is 1.27. The molecular weight excluding hydrogens is 126 g/mol. The van der Waals surface area contributed by atoms with E-state index in [0.717, 1.165) is 19.6 Å². The van der Waals surface area contributed by atoms with E-state index in [1.165, 1.54) is 25.7 Å². The summed E-state index contributed by atoms with van der Waals surface area (Å²) in [7, 11) is 0. The highest BCUT2D eigenvalue weighted by molar-refractivity contribution is 4.62. The van der Waals surface area contributed by atoms with Crippen molar-refractivity contribution in [3.05, 3.63) is 0 Å². The summed E-state index contributed by atoms with van der Waals surface area (Å²) in [6.07, 6.45) is 6.01. The maximum atomic E-state index is 5.79. The van der Waals surface area contributed by atoms with Crippen molar-refractivity contribution in [3.63, 3.8) is 0 Å². The van der Waals surface area contributed by atoms with Crippen LogP contribution in [-0.2, 0) is 4.74 Å². The highest BCUT2D eigenvalue weighted by Crippen LogP contribution is 2.07. The van der Waals surface area contributed by atoms with Crippen molar-refractivity contribution in [2.24, 2.45) is 5.73 Å². The van der Waals surface area contributed by atoms with E-state index in [-0.39, 0.29) is 0 Å². The van der Waals surface area contributed by atoms with Gasteiger partial charge in [-0.2, -0.15) is 0 Å². The minimum atomic E-state index is 0.387. The SMILES string of the molecule is NC1CCCCCOCC1. The van der Waals surface area contributed by atoms with Gasteiger partial charge in [0.2, 0.25) is 0 Å². The minimum Gasteiger partial charge on any atom is -0.381 e. The van der Waals surface area contributed by atoms with Crippen LogP contribution in [0.3, 0.4) is 0 Å². The second-order valence-electron chi connectivity index (χ2n) is 3.01. The number of rotatable bonds is 0. The molecule has 2 heteroatoms. The molecule has 2 N–H and O–H groups in total. The van der Waals surface area contributed by atoms with Crippen LogP contribution >= 0.6 is 0 Å². The van der Waals surface area contributed by atoms with E-state index in [0.29, 0.717) is 6.04 Å². The van der Waals surface area contributed by atoms with Crippen molar-refractivity contribution in [1.82, 2.24) is 0 Å². The third-order valence-corrected chi connectivity index (χ3v) is 2.00. The predicted octanol–water partition coefficient (Wildman–Crippen LogP) is 1.29. The van der Waals surface area contributed by atoms with Gasteiger partial charge in [0.05, 0.1) is 0 Å². The molecule has 1 unspecified atom stereocenters. The second kappa shape index (κ2) is 4.69. The normalized spacial score (nSPS) is 30.3. The molecule has 60 valence electrons. The van der Waals surface area contributed by atoms with Crippen LogP contribution < -0.4 is 5.73 Å². The molecule has 1 heterocycles. The van der Waals surface area contributed by atoms with E-state index in [2.05, 4.69) is 0 Å². The zero-order chi connectivity index (χ0) is 7.23. The lowest BCUT2D eigenvalue weighted by Crippen LogP contribution is -2.21. The van der Waals surface area contributed by atoms with Crippen molar-refractivity contribution in [2.45, 2.75) is 38.1 Å². The zero-order valence-corrected chi connectivity index (χ0v) is 6.51. The quantitative estimate of drug-likeness (QED) is 0.554. The van der Waals surface area contributed by atoms with Gasteiger partial charge < -0.3 is 10.5 Å². The van der Waals surface area contributed by atoms with E-state index in [4.69, 9.17) is 10.5 Å². The summed E-state index contributed by atoms with van der Waals surface area (Å²) in [6.45, 7) is 1.80. The number of hydrogen-bond acceptors (Lipinski definition) is 2. The topological polar surface area (TPSA) is 35.2 Å². The first-order valence-corrected chi connectivity index (χ1v) is 4.23. The van der Waals surface area contributed by atoms with Gasteiger partial charge in [-0.3, -0.25) is 0 Å². The van der Waals surface area contributed by atoms with Crippen LogP contribution in [0.1, 0.15) is 32.1 Å². The van der Waals surface area contributed by atoms with Gasteiger partial charge in [-0.15, -0.1) is 0 Å². The summed E-state index contributed by atoms with van der Waals surface area (Å²) in [4.78, 5) is 0. The molecule has 1 aliphatic heterocycles. The Kier molecular flexibility index (Phi) is 3.76. The van der Waals surface area contributed by atoms with Crippen LogP contribution in [0.4, 0.5) is 0 Å². The first kappa shape index (κ1) is 8.02. The number of ether oxygens (including phenoxy) is 1. The van der Waals surface area contributed by atoms with E-state index in [1.54, 1.807) is 0 Å². The molecule has 10 heavy (non-hydrogen) atoms. The molecule has 1 rings (SSSR count). The van der Waals surface area contributed by atoms with Gasteiger partial charge in [-0.25, -0.2) is 0 Å². The average Bonchev–Trinajstić information content (AvgIpc) is 2.02. The summed E-state index contributed by atoms with van der Waals surface area (Å²) in [6, 6.07) is 0.387. The molecule has 0 aliphatic carbocycles. The molecule has 2 nitrogen and oxygen atoms in total. The van der Waals surface area contributed by atoms with Gasteiger partial charge in [0.1, 0.15) is 0 Å². The molecule has 0 aromatic rings. The summed E-state index contributed by atoms with van der Waals surface area (Å²) in [5.41, 5.74) is 5.79. The third kappa shape index (κ3) is 3.18. The van der Waals surface area contributed by atoms with Crippen LogP contribution in [0, 0.1) is 0 Å². The summed E-state index contributed by atoms with van der Waals surface area (Å²) in [5.74, 6) is 0. The Hall–Kier alpha value is -0.0800. The number of hydrogen-bond donors (Lipinski definition) is 1. The zero-order valence-electron chi connectivity index (χ0n) is 6.51. The molecule has 1 atom stereocenters. The van der Waals surface area contributed by atoms with Gasteiger partial charge in [0.15, 0.2) is 0 Å². The largest absolute Gasteiger partial charge is 0.381 e. The third-order valence-electron chi connectivity index (χ3n) is 2.00. The Morgan fingerprint density at radius 3 is 2.80 bits per heavy atom. The van der Waals surface area contributed by atoms with Crippen LogP contribution in [0.2, 0.25) is 0 Å². The second-order valence-corrected chi connectivity index (χ2v) is 3.01. The predicted molar refractivity (Wildman–Crippen MR) is 41.9 cm³/mol. The van der Waals surface area contributed by atoms with Crippen LogP contribution in [0.25, 0.3) is 0 Å². The highest BCUT2D eigenvalue weighted by Gasteiger charge is 2.04. The lowest BCUT2D eigenvalue weighted by Gasteiger charge is -2.07. The van der Waals surface area contributed by atoms with E-state index in [1.807, 2.05) is 0 Å². The lowest BCUT2D eigenvalue weighted by atomic mass is 10.1. The lowest BCUT2D eigenvalue weighted by molar-refractivity contribution is 0.128. The summed E-state index contributed by atoms with van der Waals surface area (Å²) < 4.78 is 5.34. The van der Waals surface area contributed by atoms with Gasteiger partial charge in [0, 0.05) is 19.3 Å². The fraction of sp³-hybridized carbons (Fsp3) is 1.00. The van der Waals surface area contributed by atoms with Crippen molar-refractivity contribution >= 4 is 0 Å². The van der Waals surface area contributed by atoms with E-state index < -0.39 is 0 Å². The Morgan fingerprint density at radius 2 is 1.90 bits per heavy atom. The molecule has 0 radical (unpaired) electrons. The standard InChI is InChI=1S/C8H17NO/c9-8-4-2-1-3-6-10-7-5-8/h8H,1-7,9H2. The molecule has 0 bridgehead atoms. The Labute approximate surface area is 62.7 Å². The van der Waals surface area contributed by atoms with E-state index >= 15 is 0 Å².